The number of aliphatic hydroxyl groups excluding tert-OH is 1. The van der Waals surface area contributed by atoms with E-state index in [4.69, 9.17) is 5.11 Å². The van der Waals surface area contributed by atoms with Crippen LogP contribution in [0, 0.1) is 0 Å². The summed E-state index contributed by atoms with van der Waals surface area (Å²) < 4.78 is 1.82. The molecule has 1 aliphatic carbocycles. The van der Waals surface area contributed by atoms with Gasteiger partial charge in [0.25, 0.3) is 5.91 Å². The van der Waals surface area contributed by atoms with Crippen molar-refractivity contribution in [1.82, 2.24) is 30.1 Å². The number of nitrogens with one attached hydrogen (secondary N) is 1. The van der Waals surface area contributed by atoms with E-state index in [0.29, 0.717) is 24.7 Å². The Morgan fingerprint density at radius 3 is 2.65 bits per heavy atom. The molecular formula is C18H26N6O2. The highest BCUT2D eigenvalue weighted by Crippen LogP contribution is 2.34. The van der Waals surface area contributed by atoms with Crippen molar-refractivity contribution in [2.24, 2.45) is 0 Å². The minimum atomic E-state index is -0.0955. The molecule has 3 heterocycles. The van der Waals surface area contributed by atoms with E-state index in [1.54, 1.807) is 12.4 Å². The number of rotatable bonds is 4. The van der Waals surface area contributed by atoms with E-state index in [-0.39, 0.29) is 18.6 Å². The first-order valence-electron chi connectivity index (χ1n) is 9.60. The van der Waals surface area contributed by atoms with Crippen molar-refractivity contribution in [2.45, 2.75) is 63.5 Å². The number of H-pyrrole nitrogens is 1. The molecular weight excluding hydrogens is 332 g/mol. The summed E-state index contributed by atoms with van der Waals surface area (Å²) in [5.41, 5.74) is 2.36. The second-order valence-electron chi connectivity index (χ2n) is 7.40. The third-order valence-electron chi connectivity index (χ3n) is 5.76. The normalized spacial score (nSPS) is 19.8. The summed E-state index contributed by atoms with van der Waals surface area (Å²) in [5, 5.41) is 24.4. The average Bonchev–Trinajstić information content (AvgIpc) is 3.38. The highest BCUT2D eigenvalue weighted by Gasteiger charge is 2.29. The molecule has 8 nitrogen and oxygen atoms in total. The third-order valence-corrected chi connectivity index (χ3v) is 5.76. The van der Waals surface area contributed by atoms with Gasteiger partial charge in [0.2, 0.25) is 0 Å². The Morgan fingerprint density at radius 1 is 1.19 bits per heavy atom. The molecule has 2 aromatic rings. The predicted octanol–water partition coefficient (Wildman–Crippen LogP) is 2.02. The van der Waals surface area contributed by atoms with Crippen LogP contribution in [0.2, 0.25) is 0 Å². The third kappa shape index (κ3) is 3.38. The van der Waals surface area contributed by atoms with Crippen LogP contribution < -0.4 is 0 Å². The SMILES string of the molecule is O=C(c1cn[nH]c1C1CCCCC1)N1CCC(n2cc(CO)nn2)CC1. The summed E-state index contributed by atoms with van der Waals surface area (Å²) in [6, 6.07) is 0.231. The van der Waals surface area contributed by atoms with E-state index >= 15 is 0 Å². The number of carbonyl (C=O) groups is 1. The monoisotopic (exact) mass is 358 g/mol. The van der Waals surface area contributed by atoms with Gasteiger partial charge in [-0.2, -0.15) is 5.10 Å². The second kappa shape index (κ2) is 7.57. The molecule has 0 atom stereocenters. The van der Waals surface area contributed by atoms with Gasteiger partial charge in [0.15, 0.2) is 0 Å². The van der Waals surface area contributed by atoms with Crippen molar-refractivity contribution in [2.75, 3.05) is 13.1 Å². The highest BCUT2D eigenvalue weighted by atomic mass is 16.3. The van der Waals surface area contributed by atoms with Gasteiger partial charge in [0, 0.05) is 19.0 Å². The van der Waals surface area contributed by atoms with Crippen LogP contribution in [0.1, 0.15) is 78.7 Å². The van der Waals surface area contributed by atoms with Gasteiger partial charge in [-0.15, -0.1) is 5.10 Å². The molecule has 1 saturated heterocycles. The number of amides is 1. The Balaban J connectivity index is 1.40. The molecule has 2 aromatic heterocycles. The molecule has 0 radical (unpaired) electrons. The Hall–Kier alpha value is -2.22. The van der Waals surface area contributed by atoms with Gasteiger partial charge < -0.3 is 10.0 Å². The number of aromatic amines is 1. The van der Waals surface area contributed by atoms with Gasteiger partial charge in [-0.3, -0.25) is 9.89 Å². The molecule has 26 heavy (non-hydrogen) atoms. The maximum Gasteiger partial charge on any atom is 0.257 e. The lowest BCUT2D eigenvalue weighted by atomic mass is 9.85. The number of hydrogen-bond acceptors (Lipinski definition) is 5. The lowest BCUT2D eigenvalue weighted by Gasteiger charge is -2.32. The summed E-state index contributed by atoms with van der Waals surface area (Å²) in [5.74, 6) is 0.530. The molecule has 1 aliphatic heterocycles. The highest BCUT2D eigenvalue weighted by molar-refractivity contribution is 5.95. The van der Waals surface area contributed by atoms with Crippen LogP contribution in [-0.2, 0) is 6.61 Å². The molecule has 0 spiro atoms. The molecule has 8 heteroatoms. The zero-order valence-corrected chi connectivity index (χ0v) is 15.0. The van der Waals surface area contributed by atoms with Gasteiger partial charge in [-0.25, -0.2) is 4.68 Å². The number of nitrogens with zero attached hydrogens (tertiary/aromatic N) is 5. The Morgan fingerprint density at radius 2 is 1.96 bits per heavy atom. The van der Waals surface area contributed by atoms with Crippen LogP contribution >= 0.6 is 0 Å². The van der Waals surface area contributed by atoms with E-state index in [1.807, 2.05) is 9.58 Å². The van der Waals surface area contributed by atoms with Crippen LogP contribution in [0.5, 0.6) is 0 Å². The standard InChI is InChI=1S/C18H26N6O2/c25-12-14-11-24(22-20-14)15-6-8-23(9-7-15)18(26)16-10-19-21-17(16)13-4-2-1-3-5-13/h10-11,13,15,25H,1-9,12H2,(H,19,21). The largest absolute Gasteiger partial charge is 0.390 e. The summed E-state index contributed by atoms with van der Waals surface area (Å²) >= 11 is 0. The second-order valence-corrected chi connectivity index (χ2v) is 7.40. The van der Waals surface area contributed by atoms with E-state index < -0.39 is 0 Å². The Labute approximate surface area is 152 Å². The lowest BCUT2D eigenvalue weighted by molar-refractivity contribution is 0.0687. The molecule has 2 aliphatic rings. The number of aliphatic hydroxyl groups is 1. The fourth-order valence-corrected chi connectivity index (χ4v) is 4.24. The van der Waals surface area contributed by atoms with E-state index in [0.717, 1.165) is 36.9 Å². The van der Waals surface area contributed by atoms with Crippen molar-refractivity contribution in [3.63, 3.8) is 0 Å². The fourth-order valence-electron chi connectivity index (χ4n) is 4.24. The number of aromatic nitrogens is 5. The fraction of sp³-hybridized carbons (Fsp3) is 0.667. The summed E-state index contributed by atoms with van der Waals surface area (Å²) in [4.78, 5) is 14.9. The number of hydrogen-bond donors (Lipinski definition) is 2. The first-order chi connectivity index (χ1) is 12.8. The van der Waals surface area contributed by atoms with Gasteiger partial charge in [0.1, 0.15) is 5.69 Å². The minimum Gasteiger partial charge on any atom is -0.390 e. The minimum absolute atomic E-state index is 0.0902. The van der Waals surface area contributed by atoms with Crippen molar-refractivity contribution in [3.8, 4) is 0 Å². The average molecular weight is 358 g/mol. The Kier molecular flexibility index (Phi) is 5.01. The topological polar surface area (TPSA) is 99.9 Å². The van der Waals surface area contributed by atoms with Crippen molar-refractivity contribution in [3.05, 3.63) is 29.3 Å². The van der Waals surface area contributed by atoms with Crippen molar-refractivity contribution in [1.29, 1.82) is 0 Å². The number of likely N-dealkylation sites (tertiary alicyclic amines) is 1. The van der Waals surface area contributed by atoms with Crippen molar-refractivity contribution >= 4 is 5.91 Å². The van der Waals surface area contributed by atoms with E-state index in [2.05, 4.69) is 20.5 Å². The first-order valence-corrected chi connectivity index (χ1v) is 9.60. The smallest absolute Gasteiger partial charge is 0.257 e. The first kappa shape index (κ1) is 17.2. The summed E-state index contributed by atoms with van der Waals surface area (Å²) in [6.45, 7) is 1.31. The molecule has 140 valence electrons. The molecule has 1 saturated carbocycles. The van der Waals surface area contributed by atoms with E-state index in [9.17, 15) is 4.79 Å². The van der Waals surface area contributed by atoms with E-state index in [1.165, 1.54) is 19.3 Å². The van der Waals surface area contributed by atoms with Crippen LogP contribution in [0.15, 0.2) is 12.4 Å². The molecule has 2 fully saturated rings. The van der Waals surface area contributed by atoms with Crippen LogP contribution in [0.25, 0.3) is 0 Å². The maximum atomic E-state index is 13.0. The molecule has 2 N–H and O–H groups in total. The quantitative estimate of drug-likeness (QED) is 0.871. The summed E-state index contributed by atoms with van der Waals surface area (Å²) in [7, 11) is 0. The molecule has 4 rings (SSSR count). The molecule has 0 unspecified atom stereocenters. The molecule has 0 aromatic carbocycles. The van der Waals surface area contributed by atoms with Crippen LogP contribution in [0.4, 0.5) is 0 Å². The zero-order chi connectivity index (χ0) is 17.9. The van der Waals surface area contributed by atoms with Crippen LogP contribution in [0.3, 0.4) is 0 Å². The van der Waals surface area contributed by atoms with Gasteiger partial charge in [-0.1, -0.05) is 24.5 Å². The maximum absolute atomic E-state index is 13.0. The number of carbonyl (C=O) groups excluding carboxylic acids is 1. The number of piperidine rings is 1. The van der Waals surface area contributed by atoms with Crippen molar-refractivity contribution < 1.29 is 9.90 Å². The van der Waals surface area contributed by atoms with Gasteiger partial charge in [-0.05, 0) is 25.7 Å². The van der Waals surface area contributed by atoms with Gasteiger partial charge >= 0.3 is 0 Å². The zero-order valence-electron chi connectivity index (χ0n) is 15.0. The summed E-state index contributed by atoms with van der Waals surface area (Å²) in [6.07, 6.45) is 11.2. The Bertz CT molecular complexity index is 740. The van der Waals surface area contributed by atoms with Crippen LogP contribution in [-0.4, -0.2) is 54.2 Å². The predicted molar refractivity (Wildman–Crippen MR) is 94.5 cm³/mol. The van der Waals surface area contributed by atoms with Gasteiger partial charge in [0.05, 0.1) is 36.3 Å². The lowest BCUT2D eigenvalue weighted by Crippen LogP contribution is -2.39. The molecule has 1 amide bonds. The molecule has 0 bridgehead atoms.